The minimum atomic E-state index is -2.51. The van der Waals surface area contributed by atoms with E-state index in [-0.39, 0.29) is 18.9 Å². The van der Waals surface area contributed by atoms with Gasteiger partial charge in [0.2, 0.25) is 5.91 Å². The summed E-state index contributed by atoms with van der Waals surface area (Å²) in [7, 11) is 2.76. The maximum atomic E-state index is 11.9. The first-order chi connectivity index (χ1) is 6.51. The number of methoxy groups -OCH3 is 1. The smallest absolute Gasteiger partial charge is 0.255 e. The van der Waals surface area contributed by atoms with Crippen molar-refractivity contribution in [3.05, 3.63) is 0 Å². The molecule has 1 amide bonds. The van der Waals surface area contributed by atoms with Crippen molar-refractivity contribution in [2.75, 3.05) is 27.2 Å². The number of alkyl halides is 2. The zero-order valence-electron chi connectivity index (χ0n) is 8.37. The molecule has 84 valence electrons. The van der Waals surface area contributed by atoms with E-state index in [0.717, 1.165) is 4.90 Å². The molecular formula is C8H16F2N2O2. The van der Waals surface area contributed by atoms with E-state index >= 15 is 0 Å². The van der Waals surface area contributed by atoms with E-state index in [0.29, 0.717) is 0 Å². The summed E-state index contributed by atoms with van der Waals surface area (Å²) in [6.45, 7) is -0.357. The van der Waals surface area contributed by atoms with Gasteiger partial charge in [-0.15, -0.1) is 0 Å². The van der Waals surface area contributed by atoms with Crippen LogP contribution in [0.2, 0.25) is 0 Å². The van der Waals surface area contributed by atoms with Gasteiger partial charge in [0.25, 0.3) is 6.43 Å². The van der Waals surface area contributed by atoms with Crippen LogP contribution in [0.15, 0.2) is 0 Å². The largest absolute Gasteiger partial charge is 0.380 e. The van der Waals surface area contributed by atoms with Gasteiger partial charge in [-0.2, -0.15) is 0 Å². The summed E-state index contributed by atoms with van der Waals surface area (Å²) in [5, 5.41) is 0. The first kappa shape index (κ1) is 13.2. The Bertz CT molecular complexity index is 175. The molecule has 0 aromatic heterocycles. The molecule has 0 saturated heterocycles. The minimum Gasteiger partial charge on any atom is -0.380 e. The third kappa shape index (κ3) is 5.08. The summed E-state index contributed by atoms with van der Waals surface area (Å²) in [6, 6.07) is 0. The highest BCUT2D eigenvalue weighted by atomic mass is 19.3. The number of halogens is 2. The second-order valence-electron chi connectivity index (χ2n) is 2.96. The van der Waals surface area contributed by atoms with Crippen molar-refractivity contribution in [1.82, 2.24) is 4.90 Å². The van der Waals surface area contributed by atoms with E-state index in [9.17, 15) is 13.6 Å². The Morgan fingerprint density at radius 1 is 1.57 bits per heavy atom. The Morgan fingerprint density at radius 2 is 2.14 bits per heavy atom. The predicted octanol–water partition coefficient (Wildman–Crippen LogP) is 0.0737. The molecule has 4 nitrogen and oxygen atoms in total. The second-order valence-corrected chi connectivity index (χ2v) is 2.96. The molecule has 1 atom stereocenters. The molecule has 0 radical (unpaired) electrons. The third-order valence-electron chi connectivity index (χ3n) is 1.84. The normalized spacial score (nSPS) is 13.0. The van der Waals surface area contributed by atoms with Crippen molar-refractivity contribution >= 4 is 5.91 Å². The van der Waals surface area contributed by atoms with Crippen LogP contribution < -0.4 is 5.73 Å². The van der Waals surface area contributed by atoms with Gasteiger partial charge < -0.3 is 15.4 Å². The average molecular weight is 210 g/mol. The molecule has 6 heteroatoms. The van der Waals surface area contributed by atoms with Crippen molar-refractivity contribution < 1.29 is 18.3 Å². The maximum absolute atomic E-state index is 11.9. The maximum Gasteiger partial charge on any atom is 0.255 e. The van der Waals surface area contributed by atoms with Gasteiger partial charge in [-0.1, -0.05) is 0 Å². The lowest BCUT2D eigenvalue weighted by atomic mass is 10.2. The zero-order chi connectivity index (χ0) is 11.1. The van der Waals surface area contributed by atoms with E-state index in [1.54, 1.807) is 0 Å². The predicted molar refractivity (Wildman–Crippen MR) is 48.1 cm³/mol. The van der Waals surface area contributed by atoms with Crippen LogP contribution in [-0.4, -0.2) is 50.6 Å². The van der Waals surface area contributed by atoms with E-state index in [2.05, 4.69) is 0 Å². The molecule has 0 heterocycles. The van der Waals surface area contributed by atoms with Crippen LogP contribution in [0, 0.1) is 0 Å². The van der Waals surface area contributed by atoms with Gasteiger partial charge >= 0.3 is 0 Å². The Balaban J connectivity index is 3.93. The standard InChI is InChI=1S/C8H16F2N2O2/c1-12(5-7(9)10)8(13)3-6(4-11)14-2/h6-7H,3-5,11H2,1-2H3. The number of rotatable bonds is 6. The monoisotopic (exact) mass is 210 g/mol. The number of nitrogens with zero attached hydrogens (tertiary/aromatic N) is 1. The first-order valence-electron chi connectivity index (χ1n) is 4.26. The fourth-order valence-electron chi connectivity index (χ4n) is 0.922. The lowest BCUT2D eigenvalue weighted by Crippen LogP contribution is -2.36. The van der Waals surface area contributed by atoms with Crippen LogP contribution in [0.25, 0.3) is 0 Å². The lowest BCUT2D eigenvalue weighted by Gasteiger charge is -2.19. The molecule has 14 heavy (non-hydrogen) atoms. The molecule has 0 fully saturated rings. The van der Waals surface area contributed by atoms with Crippen LogP contribution in [0.3, 0.4) is 0 Å². The molecule has 0 spiro atoms. The molecule has 0 aliphatic carbocycles. The summed E-state index contributed by atoms with van der Waals surface area (Å²) < 4.78 is 28.7. The van der Waals surface area contributed by atoms with E-state index in [1.165, 1.54) is 14.2 Å². The van der Waals surface area contributed by atoms with E-state index in [1.807, 2.05) is 0 Å². The van der Waals surface area contributed by atoms with E-state index < -0.39 is 19.1 Å². The van der Waals surface area contributed by atoms with Crippen LogP contribution in [-0.2, 0) is 9.53 Å². The van der Waals surface area contributed by atoms with Crippen molar-refractivity contribution in [3.8, 4) is 0 Å². The fourth-order valence-corrected chi connectivity index (χ4v) is 0.922. The molecule has 0 rings (SSSR count). The van der Waals surface area contributed by atoms with Gasteiger partial charge in [-0.25, -0.2) is 8.78 Å². The number of nitrogens with two attached hydrogens (primary N) is 1. The number of carbonyl (C=O) groups is 1. The fraction of sp³-hybridized carbons (Fsp3) is 0.875. The quantitative estimate of drug-likeness (QED) is 0.675. The Kier molecular flexibility index (Phi) is 6.31. The van der Waals surface area contributed by atoms with Crippen molar-refractivity contribution in [1.29, 1.82) is 0 Å². The molecule has 0 aliphatic heterocycles. The number of amides is 1. The number of ether oxygens (including phenoxy) is 1. The minimum absolute atomic E-state index is 0.0379. The Hall–Kier alpha value is -0.750. The summed E-state index contributed by atoms with van der Waals surface area (Å²) in [4.78, 5) is 12.2. The van der Waals surface area contributed by atoms with Gasteiger partial charge in [0.1, 0.15) is 0 Å². The molecule has 1 unspecified atom stereocenters. The molecule has 0 aromatic rings. The molecule has 0 aliphatic rings. The number of hydrogen-bond donors (Lipinski definition) is 1. The third-order valence-corrected chi connectivity index (χ3v) is 1.84. The number of carbonyl (C=O) groups excluding carboxylic acids is 1. The van der Waals surface area contributed by atoms with Crippen molar-refractivity contribution in [2.45, 2.75) is 19.0 Å². The topological polar surface area (TPSA) is 55.6 Å². The average Bonchev–Trinajstić information content (AvgIpc) is 2.12. The van der Waals surface area contributed by atoms with Crippen LogP contribution >= 0.6 is 0 Å². The van der Waals surface area contributed by atoms with Crippen molar-refractivity contribution in [3.63, 3.8) is 0 Å². The molecule has 0 aromatic carbocycles. The second kappa shape index (κ2) is 6.67. The summed E-state index contributed by atoms with van der Waals surface area (Å²) in [5.74, 6) is -0.386. The molecule has 0 bridgehead atoms. The SMILES string of the molecule is COC(CN)CC(=O)N(C)CC(F)F. The van der Waals surface area contributed by atoms with Crippen LogP contribution in [0.1, 0.15) is 6.42 Å². The molecule has 0 saturated carbocycles. The molecular weight excluding hydrogens is 194 g/mol. The highest BCUT2D eigenvalue weighted by Crippen LogP contribution is 2.02. The highest BCUT2D eigenvalue weighted by molar-refractivity contribution is 5.76. The van der Waals surface area contributed by atoms with Gasteiger partial charge in [-0.3, -0.25) is 4.79 Å². The van der Waals surface area contributed by atoms with Gasteiger partial charge in [0.05, 0.1) is 19.1 Å². The summed E-state index contributed by atoms with van der Waals surface area (Å²) >= 11 is 0. The Morgan fingerprint density at radius 3 is 2.50 bits per heavy atom. The lowest BCUT2D eigenvalue weighted by molar-refractivity contribution is -0.134. The zero-order valence-corrected chi connectivity index (χ0v) is 8.37. The van der Waals surface area contributed by atoms with Crippen LogP contribution in [0.5, 0.6) is 0 Å². The highest BCUT2D eigenvalue weighted by Gasteiger charge is 2.17. The van der Waals surface area contributed by atoms with Crippen molar-refractivity contribution in [2.24, 2.45) is 5.73 Å². The van der Waals surface area contributed by atoms with Gasteiger partial charge in [0, 0.05) is 20.7 Å². The van der Waals surface area contributed by atoms with Crippen LogP contribution in [0.4, 0.5) is 8.78 Å². The number of hydrogen-bond acceptors (Lipinski definition) is 3. The van der Waals surface area contributed by atoms with E-state index in [4.69, 9.17) is 10.5 Å². The Labute approximate surface area is 82.0 Å². The summed E-state index contributed by atoms with van der Waals surface area (Å²) in [6.07, 6.45) is -2.87. The van der Waals surface area contributed by atoms with Gasteiger partial charge in [0.15, 0.2) is 0 Å². The molecule has 2 N–H and O–H groups in total. The summed E-state index contributed by atoms with van der Waals surface area (Å²) in [5.41, 5.74) is 5.29. The first-order valence-corrected chi connectivity index (χ1v) is 4.26. The van der Waals surface area contributed by atoms with Gasteiger partial charge in [-0.05, 0) is 0 Å².